The van der Waals surface area contributed by atoms with Gasteiger partial charge in [0.15, 0.2) is 0 Å². The molecule has 0 amide bonds. The van der Waals surface area contributed by atoms with Crippen molar-refractivity contribution in [1.82, 2.24) is 23.5 Å². The Morgan fingerprint density at radius 2 is 1.34 bits per heavy atom. The minimum atomic E-state index is -0.258. The van der Waals surface area contributed by atoms with Gasteiger partial charge in [-0.3, -0.25) is 13.5 Å². The highest BCUT2D eigenvalue weighted by molar-refractivity contribution is 6.10. The molecule has 10 rings (SSSR count). The van der Waals surface area contributed by atoms with E-state index in [1.165, 1.54) is 11.6 Å². The SMILES string of the molecule is CC(C)(C)c1ccnc(-n2c3ccc(-c4cccc(F)c4)cc3c3ccc(Oc4cccc(-n5c6ccccc6n6c7ccccc7nc56)c4)cc32)c1. The largest absolute Gasteiger partial charge is 0.457 e. The van der Waals surface area contributed by atoms with Gasteiger partial charge in [-0.15, -0.1) is 0 Å². The molecular weight excluding hydrogens is 658 g/mol. The van der Waals surface area contributed by atoms with Crippen molar-refractivity contribution >= 4 is 49.7 Å². The summed E-state index contributed by atoms with van der Waals surface area (Å²) in [7, 11) is 0. The summed E-state index contributed by atoms with van der Waals surface area (Å²) in [4.78, 5) is 9.91. The first kappa shape index (κ1) is 31.0. The van der Waals surface area contributed by atoms with E-state index in [9.17, 15) is 4.39 Å². The molecule has 0 saturated heterocycles. The van der Waals surface area contributed by atoms with Gasteiger partial charge >= 0.3 is 0 Å². The summed E-state index contributed by atoms with van der Waals surface area (Å²) >= 11 is 0. The van der Waals surface area contributed by atoms with Crippen LogP contribution in [0.2, 0.25) is 0 Å². The Labute approximate surface area is 305 Å². The fourth-order valence-corrected chi connectivity index (χ4v) is 7.59. The van der Waals surface area contributed by atoms with Crippen LogP contribution < -0.4 is 4.74 Å². The number of aromatic nitrogens is 5. The number of hydrogen-bond donors (Lipinski definition) is 0. The van der Waals surface area contributed by atoms with Crippen LogP contribution in [0.15, 0.2) is 152 Å². The summed E-state index contributed by atoms with van der Waals surface area (Å²) in [5.74, 6) is 2.82. The van der Waals surface area contributed by atoms with Crippen LogP contribution in [0, 0.1) is 5.82 Å². The van der Waals surface area contributed by atoms with E-state index < -0.39 is 0 Å². The van der Waals surface area contributed by atoms with Crippen LogP contribution in [-0.4, -0.2) is 23.5 Å². The Bertz CT molecular complexity index is 3050. The van der Waals surface area contributed by atoms with Crippen LogP contribution in [0.25, 0.3) is 72.3 Å². The predicted octanol–water partition coefficient (Wildman–Crippen LogP) is 11.8. The molecule has 7 heteroatoms. The number of ether oxygens (including phenoxy) is 1. The summed E-state index contributed by atoms with van der Waals surface area (Å²) in [5, 5.41) is 2.10. The summed E-state index contributed by atoms with van der Waals surface area (Å²) in [6.07, 6.45) is 1.88. The minimum Gasteiger partial charge on any atom is -0.457 e. The maximum Gasteiger partial charge on any atom is 0.220 e. The second-order valence-electron chi connectivity index (χ2n) is 14.6. The molecule has 0 aliphatic heterocycles. The van der Waals surface area contributed by atoms with Crippen molar-refractivity contribution in [2.75, 3.05) is 0 Å². The zero-order valence-electron chi connectivity index (χ0n) is 29.5. The molecule has 6 aromatic carbocycles. The number of hydrogen-bond acceptors (Lipinski definition) is 3. The van der Waals surface area contributed by atoms with Crippen molar-refractivity contribution in [3.8, 4) is 34.1 Å². The van der Waals surface area contributed by atoms with Gasteiger partial charge in [0.2, 0.25) is 5.78 Å². The summed E-state index contributed by atoms with van der Waals surface area (Å²) in [6, 6.07) is 48.2. The van der Waals surface area contributed by atoms with E-state index >= 15 is 0 Å². The molecule has 0 aliphatic carbocycles. The fourth-order valence-electron chi connectivity index (χ4n) is 7.59. The van der Waals surface area contributed by atoms with Crippen LogP contribution in [0.1, 0.15) is 26.3 Å². The molecular formula is C46H34FN5O. The summed E-state index contributed by atoms with van der Waals surface area (Å²) < 4.78 is 27.5. The monoisotopic (exact) mass is 691 g/mol. The Kier molecular flexibility index (Phi) is 6.82. The topological polar surface area (TPSA) is 49.3 Å². The first-order valence-corrected chi connectivity index (χ1v) is 17.8. The van der Waals surface area contributed by atoms with Crippen molar-refractivity contribution in [3.63, 3.8) is 0 Å². The minimum absolute atomic E-state index is 0.0555. The molecule has 4 heterocycles. The third-order valence-corrected chi connectivity index (χ3v) is 10.2. The van der Waals surface area contributed by atoms with Crippen LogP contribution in [0.4, 0.5) is 4.39 Å². The highest BCUT2D eigenvalue weighted by atomic mass is 19.1. The van der Waals surface area contributed by atoms with E-state index in [-0.39, 0.29) is 11.2 Å². The molecule has 0 fully saturated rings. The number of imidazole rings is 2. The Morgan fingerprint density at radius 1 is 0.566 bits per heavy atom. The predicted molar refractivity (Wildman–Crippen MR) is 212 cm³/mol. The lowest BCUT2D eigenvalue weighted by molar-refractivity contribution is 0.483. The molecule has 0 unspecified atom stereocenters. The number of pyridine rings is 1. The molecule has 6 nitrogen and oxygen atoms in total. The molecule has 0 bridgehead atoms. The second kappa shape index (κ2) is 11.6. The fraction of sp³-hybridized carbons (Fsp3) is 0.0870. The van der Waals surface area contributed by atoms with Crippen molar-refractivity contribution < 1.29 is 9.13 Å². The highest BCUT2D eigenvalue weighted by Crippen LogP contribution is 2.38. The summed E-state index contributed by atoms with van der Waals surface area (Å²) in [5.41, 5.74) is 10.00. The van der Waals surface area contributed by atoms with E-state index in [1.54, 1.807) is 12.1 Å². The van der Waals surface area contributed by atoms with Gasteiger partial charge in [0.05, 0.1) is 38.8 Å². The molecule has 0 radical (unpaired) electrons. The Morgan fingerprint density at radius 3 is 2.19 bits per heavy atom. The third-order valence-electron chi connectivity index (χ3n) is 10.2. The van der Waals surface area contributed by atoms with Gasteiger partial charge in [0, 0.05) is 29.1 Å². The average molecular weight is 692 g/mol. The van der Waals surface area contributed by atoms with E-state index in [1.807, 2.05) is 54.7 Å². The van der Waals surface area contributed by atoms with E-state index in [0.717, 1.165) is 72.3 Å². The molecule has 0 aliphatic rings. The highest BCUT2D eigenvalue weighted by Gasteiger charge is 2.20. The van der Waals surface area contributed by atoms with Crippen LogP contribution in [-0.2, 0) is 5.41 Å². The van der Waals surface area contributed by atoms with Gasteiger partial charge in [-0.05, 0) is 107 Å². The Hall–Kier alpha value is -6.73. The van der Waals surface area contributed by atoms with Crippen LogP contribution in [0.5, 0.6) is 11.5 Å². The van der Waals surface area contributed by atoms with Gasteiger partial charge in [-0.25, -0.2) is 14.4 Å². The lowest BCUT2D eigenvalue weighted by atomic mass is 9.88. The molecule has 0 spiro atoms. The number of nitrogens with zero attached hydrogens (tertiary/aromatic N) is 5. The zero-order valence-corrected chi connectivity index (χ0v) is 29.5. The van der Waals surface area contributed by atoms with Gasteiger partial charge in [-0.1, -0.05) is 69.3 Å². The standard InChI is InChI=1S/C46H34FN5O/c1-46(2,3)31-22-23-48-44(26-31)51-39-21-18-30(29-10-8-11-32(47)24-29)25-37(39)36-20-19-35(28-43(36)51)53-34-13-9-12-33(27-34)50-41-16-6-7-17-42(41)52-40-15-5-4-14-38(40)49-45(50)52/h4-28H,1-3H3. The van der Waals surface area contributed by atoms with Crippen molar-refractivity contribution in [2.24, 2.45) is 0 Å². The lowest BCUT2D eigenvalue weighted by Gasteiger charge is -2.20. The second-order valence-corrected chi connectivity index (χ2v) is 14.6. The summed E-state index contributed by atoms with van der Waals surface area (Å²) in [6.45, 7) is 6.62. The Balaban J connectivity index is 1.12. The molecule has 0 saturated carbocycles. The number of fused-ring (bicyclic) bond motifs is 8. The van der Waals surface area contributed by atoms with Gasteiger partial charge in [0.1, 0.15) is 23.1 Å². The number of para-hydroxylation sites is 4. The molecule has 256 valence electrons. The maximum atomic E-state index is 14.3. The van der Waals surface area contributed by atoms with Gasteiger partial charge in [0.25, 0.3) is 0 Å². The average Bonchev–Trinajstić information content (AvgIpc) is 3.81. The smallest absolute Gasteiger partial charge is 0.220 e. The number of rotatable bonds is 5. The van der Waals surface area contributed by atoms with Gasteiger partial charge < -0.3 is 4.74 Å². The quantitative estimate of drug-likeness (QED) is 0.180. The zero-order chi connectivity index (χ0) is 35.8. The number of halogens is 1. The molecule has 10 aromatic rings. The molecule has 0 N–H and O–H groups in total. The van der Waals surface area contributed by atoms with Crippen molar-refractivity contribution in [1.29, 1.82) is 0 Å². The van der Waals surface area contributed by atoms with Gasteiger partial charge in [-0.2, -0.15) is 0 Å². The van der Waals surface area contributed by atoms with Crippen molar-refractivity contribution in [3.05, 3.63) is 163 Å². The van der Waals surface area contributed by atoms with E-state index in [0.29, 0.717) is 11.5 Å². The molecule has 53 heavy (non-hydrogen) atoms. The van der Waals surface area contributed by atoms with E-state index in [4.69, 9.17) is 14.7 Å². The first-order chi connectivity index (χ1) is 25.8. The normalized spacial score (nSPS) is 12.2. The molecule has 0 atom stereocenters. The lowest BCUT2D eigenvalue weighted by Crippen LogP contribution is -2.12. The third kappa shape index (κ3) is 5.07. The van der Waals surface area contributed by atoms with Crippen LogP contribution >= 0.6 is 0 Å². The molecule has 4 aromatic heterocycles. The number of benzene rings is 6. The van der Waals surface area contributed by atoms with Crippen molar-refractivity contribution in [2.45, 2.75) is 26.2 Å². The first-order valence-electron chi connectivity index (χ1n) is 17.8. The van der Waals surface area contributed by atoms with E-state index in [2.05, 4.69) is 113 Å². The van der Waals surface area contributed by atoms with Crippen LogP contribution in [0.3, 0.4) is 0 Å². The maximum absolute atomic E-state index is 14.3.